The molecule has 0 spiro atoms. The van der Waals surface area contributed by atoms with E-state index in [2.05, 4.69) is 29.3 Å². The van der Waals surface area contributed by atoms with Gasteiger partial charge in [-0.05, 0) is 12.8 Å². The second-order valence-corrected chi connectivity index (χ2v) is 9.68. The topological polar surface area (TPSA) is 91.3 Å². The molecule has 0 rings (SSSR count). The molecule has 0 aliphatic rings. The molecule has 0 heterocycles. The maximum atomic E-state index is 12.7. The van der Waals surface area contributed by atoms with Gasteiger partial charge in [0.15, 0.2) is 0 Å². The molecular formula is C18H38O7P2. The van der Waals surface area contributed by atoms with Gasteiger partial charge in [0.1, 0.15) is 0 Å². The first kappa shape index (κ1) is 26.8. The molecule has 1 atom stereocenters. The van der Waals surface area contributed by atoms with Crippen molar-refractivity contribution in [3.63, 3.8) is 0 Å². The molecule has 0 aromatic heterocycles. The van der Waals surface area contributed by atoms with Crippen molar-refractivity contribution in [1.29, 1.82) is 0 Å². The zero-order valence-corrected chi connectivity index (χ0v) is 18.8. The second kappa shape index (κ2) is 16.8. The van der Waals surface area contributed by atoms with E-state index in [1.165, 1.54) is 25.7 Å². The molecule has 1 unspecified atom stereocenters. The molecule has 0 aliphatic heterocycles. The zero-order valence-electron chi connectivity index (χ0n) is 17.0. The maximum Gasteiger partial charge on any atom is 0.535 e. The van der Waals surface area contributed by atoms with Gasteiger partial charge in [-0.15, -0.1) is 0 Å². The van der Waals surface area contributed by atoms with E-state index in [9.17, 15) is 14.0 Å². The van der Waals surface area contributed by atoms with Gasteiger partial charge in [0, 0.05) is 0 Å². The minimum Gasteiger partial charge on any atom is -0.412 e. The first-order valence-corrected chi connectivity index (χ1v) is 13.1. The molecule has 0 saturated heterocycles. The number of hydrogen-bond donors (Lipinski definition) is 1. The fourth-order valence-electron chi connectivity index (χ4n) is 2.44. The minimum absolute atomic E-state index is 0.133. The Morgan fingerprint density at radius 1 is 0.778 bits per heavy atom. The fourth-order valence-corrected chi connectivity index (χ4v) is 4.95. The van der Waals surface area contributed by atoms with Gasteiger partial charge in [-0.1, -0.05) is 84.6 Å². The van der Waals surface area contributed by atoms with Crippen molar-refractivity contribution in [2.24, 2.45) is 0 Å². The van der Waals surface area contributed by atoms with Crippen LogP contribution in [0.2, 0.25) is 0 Å². The molecule has 1 N–H and O–H groups in total. The van der Waals surface area contributed by atoms with Gasteiger partial charge < -0.3 is 4.52 Å². The van der Waals surface area contributed by atoms with E-state index in [0.717, 1.165) is 44.8 Å². The molecule has 0 amide bonds. The van der Waals surface area contributed by atoms with Gasteiger partial charge in [-0.2, -0.15) is 4.31 Å². The van der Waals surface area contributed by atoms with Crippen LogP contribution in [0.15, 0.2) is 12.8 Å². The average molecular weight is 428 g/mol. The molecule has 0 fully saturated rings. The molecule has 0 bridgehead atoms. The fraction of sp³-hybridized carbons (Fsp3) is 0.889. The zero-order chi connectivity index (χ0) is 20.4. The van der Waals surface area contributed by atoms with E-state index in [1.807, 2.05) is 0 Å². The normalized spacial score (nSPS) is 14.0. The summed E-state index contributed by atoms with van der Waals surface area (Å²) in [7, 11) is -8.77. The lowest BCUT2D eigenvalue weighted by Crippen LogP contribution is -2.03. The number of rotatable bonds is 20. The SMILES string of the molecule is C=COP(=O)(O)OP(=O)(OCCCCCCCC)OCCCCCCCC. The number of phosphoric acid groups is 2. The van der Waals surface area contributed by atoms with Crippen molar-refractivity contribution in [2.75, 3.05) is 13.2 Å². The Bertz CT molecular complexity index is 435. The smallest absolute Gasteiger partial charge is 0.412 e. The Morgan fingerprint density at radius 3 is 1.59 bits per heavy atom. The minimum atomic E-state index is -4.59. The molecule has 162 valence electrons. The molecular weight excluding hydrogens is 390 g/mol. The third kappa shape index (κ3) is 16.5. The number of unbranched alkanes of at least 4 members (excludes halogenated alkanes) is 10. The highest BCUT2D eigenvalue weighted by molar-refractivity contribution is 7.61. The first-order chi connectivity index (χ1) is 12.9. The van der Waals surface area contributed by atoms with Crippen LogP contribution in [-0.4, -0.2) is 18.1 Å². The summed E-state index contributed by atoms with van der Waals surface area (Å²) in [4.78, 5) is 9.56. The number of hydrogen-bond acceptors (Lipinski definition) is 6. The summed E-state index contributed by atoms with van der Waals surface area (Å²) >= 11 is 0. The highest BCUT2D eigenvalue weighted by atomic mass is 31.3. The Hall–Kier alpha value is -0.160. The van der Waals surface area contributed by atoms with E-state index in [-0.39, 0.29) is 13.2 Å². The summed E-state index contributed by atoms with van der Waals surface area (Å²) in [5.41, 5.74) is 0. The van der Waals surface area contributed by atoms with E-state index in [0.29, 0.717) is 12.8 Å². The lowest BCUT2D eigenvalue weighted by atomic mass is 10.1. The summed E-state index contributed by atoms with van der Waals surface area (Å²) in [6.07, 6.45) is 13.1. The van der Waals surface area contributed by atoms with Gasteiger partial charge in [-0.25, -0.2) is 9.13 Å². The summed E-state index contributed by atoms with van der Waals surface area (Å²) in [5, 5.41) is 0. The van der Waals surface area contributed by atoms with Crippen molar-refractivity contribution in [1.82, 2.24) is 0 Å². The standard InChI is InChI=1S/C18H38O7P2/c1-4-7-9-11-13-15-17-23-27(21,25-26(19,20)22-6-3)24-18-16-14-12-10-8-5-2/h6H,3-5,7-18H2,1-2H3,(H,19,20). The predicted molar refractivity (Wildman–Crippen MR) is 108 cm³/mol. The lowest BCUT2D eigenvalue weighted by Gasteiger charge is -2.19. The third-order valence-corrected chi connectivity index (χ3v) is 6.94. The van der Waals surface area contributed by atoms with Crippen LogP contribution in [0.4, 0.5) is 0 Å². The van der Waals surface area contributed by atoms with Crippen molar-refractivity contribution in [3.05, 3.63) is 12.8 Å². The highest BCUT2D eigenvalue weighted by Crippen LogP contribution is 2.63. The molecule has 0 aliphatic carbocycles. The van der Waals surface area contributed by atoms with Crippen molar-refractivity contribution < 1.29 is 31.9 Å². The van der Waals surface area contributed by atoms with Crippen molar-refractivity contribution in [2.45, 2.75) is 90.9 Å². The van der Waals surface area contributed by atoms with E-state index >= 15 is 0 Å². The van der Waals surface area contributed by atoms with Gasteiger partial charge in [0.2, 0.25) is 0 Å². The third-order valence-electron chi connectivity index (χ3n) is 3.91. The summed E-state index contributed by atoms with van der Waals surface area (Å²) < 4.78 is 43.9. The van der Waals surface area contributed by atoms with Crippen molar-refractivity contribution in [3.8, 4) is 0 Å². The second-order valence-electron chi connectivity index (χ2n) is 6.47. The van der Waals surface area contributed by atoms with Gasteiger partial charge >= 0.3 is 15.6 Å². The Kier molecular flexibility index (Phi) is 16.7. The monoisotopic (exact) mass is 428 g/mol. The van der Waals surface area contributed by atoms with Crippen LogP contribution in [0.5, 0.6) is 0 Å². The molecule has 7 nitrogen and oxygen atoms in total. The molecule has 0 aromatic rings. The molecule has 0 aromatic carbocycles. The Labute approximate surface area is 165 Å². The van der Waals surface area contributed by atoms with Crippen LogP contribution in [0.1, 0.15) is 90.9 Å². The summed E-state index contributed by atoms with van der Waals surface area (Å²) in [6, 6.07) is 0. The van der Waals surface area contributed by atoms with Crippen LogP contribution in [-0.2, 0) is 27.0 Å². The van der Waals surface area contributed by atoms with Crippen LogP contribution >= 0.6 is 15.6 Å². The number of phosphoric ester groups is 2. The molecule has 0 radical (unpaired) electrons. The summed E-state index contributed by atoms with van der Waals surface area (Å²) in [6.45, 7) is 7.76. The maximum absolute atomic E-state index is 12.7. The van der Waals surface area contributed by atoms with E-state index < -0.39 is 15.6 Å². The highest BCUT2D eigenvalue weighted by Gasteiger charge is 2.38. The van der Waals surface area contributed by atoms with E-state index in [4.69, 9.17) is 9.05 Å². The summed E-state index contributed by atoms with van der Waals surface area (Å²) in [5.74, 6) is 0. The first-order valence-electron chi connectivity index (χ1n) is 10.1. The van der Waals surface area contributed by atoms with Crippen molar-refractivity contribution >= 4 is 15.6 Å². The van der Waals surface area contributed by atoms with Gasteiger partial charge in [-0.3, -0.25) is 13.9 Å². The Balaban J connectivity index is 4.34. The molecule has 0 saturated carbocycles. The largest absolute Gasteiger partial charge is 0.535 e. The van der Waals surface area contributed by atoms with Gasteiger partial charge in [0.25, 0.3) is 0 Å². The lowest BCUT2D eigenvalue weighted by molar-refractivity contribution is 0.134. The van der Waals surface area contributed by atoms with Crippen LogP contribution in [0.3, 0.4) is 0 Å². The average Bonchev–Trinajstić information content (AvgIpc) is 2.59. The quantitative estimate of drug-likeness (QED) is 0.125. The van der Waals surface area contributed by atoms with Crippen LogP contribution in [0.25, 0.3) is 0 Å². The van der Waals surface area contributed by atoms with Crippen LogP contribution in [0, 0.1) is 0 Å². The molecule has 9 heteroatoms. The Morgan fingerprint density at radius 2 is 1.19 bits per heavy atom. The van der Waals surface area contributed by atoms with E-state index in [1.54, 1.807) is 0 Å². The van der Waals surface area contributed by atoms with Crippen LogP contribution < -0.4 is 0 Å². The van der Waals surface area contributed by atoms with Gasteiger partial charge in [0.05, 0.1) is 19.5 Å². The molecule has 27 heavy (non-hydrogen) atoms. The predicted octanol–water partition coefficient (Wildman–Crippen LogP) is 7.13.